The molecule has 0 saturated heterocycles. The van der Waals surface area contributed by atoms with E-state index in [9.17, 15) is 9.18 Å². The molecule has 1 aliphatic rings. The summed E-state index contributed by atoms with van der Waals surface area (Å²) < 4.78 is 18.4. The topological polar surface area (TPSA) is 51.1 Å². The van der Waals surface area contributed by atoms with Crippen LogP contribution in [0.3, 0.4) is 0 Å². The molecule has 27 heavy (non-hydrogen) atoms. The monoisotopic (exact) mass is 390 g/mol. The van der Waals surface area contributed by atoms with Gasteiger partial charge >= 0.3 is 0 Å². The summed E-state index contributed by atoms with van der Waals surface area (Å²) in [5.41, 5.74) is 0.324. The Balaban J connectivity index is 1.55. The molecule has 2 aromatic carbocycles. The quantitative estimate of drug-likeness (QED) is 0.751. The number of oxime groups is 1. The van der Waals surface area contributed by atoms with Crippen molar-refractivity contribution >= 4 is 23.2 Å². The van der Waals surface area contributed by atoms with Crippen LogP contribution in [-0.2, 0) is 9.63 Å². The zero-order valence-electron chi connectivity index (χ0n) is 15.1. The van der Waals surface area contributed by atoms with Gasteiger partial charge in [-0.25, -0.2) is 4.39 Å². The number of rotatable bonds is 6. The first kappa shape index (κ1) is 19.2. The molecule has 0 bridgehead atoms. The van der Waals surface area contributed by atoms with Crippen molar-refractivity contribution < 1.29 is 18.8 Å². The van der Waals surface area contributed by atoms with Crippen molar-refractivity contribution in [2.45, 2.75) is 18.9 Å². The maximum atomic E-state index is 12.9. The minimum Gasteiger partial charge on any atom is -0.492 e. The van der Waals surface area contributed by atoms with Crippen LogP contribution in [0.25, 0.3) is 0 Å². The van der Waals surface area contributed by atoms with Crippen LogP contribution < -0.4 is 4.74 Å². The highest BCUT2D eigenvalue weighted by molar-refractivity contribution is 6.34. The highest BCUT2D eigenvalue weighted by Gasteiger charge is 2.44. The Bertz CT molecular complexity index is 857. The molecule has 2 aromatic rings. The van der Waals surface area contributed by atoms with Crippen LogP contribution in [0.4, 0.5) is 4.39 Å². The number of hydrogen-bond donors (Lipinski definition) is 0. The van der Waals surface area contributed by atoms with Gasteiger partial charge in [0.2, 0.25) is 5.60 Å². The lowest BCUT2D eigenvalue weighted by Gasteiger charge is -2.27. The molecule has 1 aliphatic heterocycles. The number of nitrogens with zero attached hydrogens (tertiary/aromatic N) is 2. The molecule has 0 spiro atoms. The van der Waals surface area contributed by atoms with Crippen molar-refractivity contribution in [1.29, 1.82) is 0 Å². The average Bonchev–Trinajstić information content (AvgIpc) is 3.06. The second-order valence-corrected chi connectivity index (χ2v) is 6.95. The van der Waals surface area contributed by atoms with E-state index >= 15 is 0 Å². The van der Waals surface area contributed by atoms with Crippen LogP contribution in [0.5, 0.6) is 5.75 Å². The molecule has 1 amide bonds. The zero-order chi connectivity index (χ0) is 19.4. The van der Waals surface area contributed by atoms with Crippen molar-refractivity contribution in [2.24, 2.45) is 5.16 Å². The van der Waals surface area contributed by atoms with Gasteiger partial charge < -0.3 is 14.5 Å². The fraction of sp³-hybridized carbons (Fsp3) is 0.300. The van der Waals surface area contributed by atoms with Gasteiger partial charge in [-0.3, -0.25) is 4.79 Å². The van der Waals surface area contributed by atoms with Crippen molar-refractivity contribution in [2.75, 3.05) is 20.2 Å². The Morgan fingerprint density at radius 1 is 1.30 bits per heavy atom. The van der Waals surface area contributed by atoms with Crippen LogP contribution in [0.1, 0.15) is 18.9 Å². The van der Waals surface area contributed by atoms with E-state index in [1.165, 1.54) is 17.0 Å². The summed E-state index contributed by atoms with van der Waals surface area (Å²) in [6, 6.07) is 13.1. The SMILES string of the molecule is CN(CCOc1ccc(F)cc1)C(=O)C1(C)CC(c2ccccc2Cl)=NO1. The Hall–Kier alpha value is -2.60. The maximum absolute atomic E-state index is 12.9. The Morgan fingerprint density at radius 3 is 2.70 bits per heavy atom. The van der Waals surface area contributed by atoms with E-state index in [-0.39, 0.29) is 18.3 Å². The van der Waals surface area contributed by atoms with Gasteiger partial charge in [0.15, 0.2) is 0 Å². The molecule has 142 valence electrons. The van der Waals surface area contributed by atoms with Crippen LogP contribution in [0.2, 0.25) is 5.02 Å². The van der Waals surface area contributed by atoms with Crippen molar-refractivity contribution in [3.8, 4) is 5.75 Å². The molecule has 0 saturated carbocycles. The first-order valence-corrected chi connectivity index (χ1v) is 8.91. The minimum absolute atomic E-state index is 0.198. The number of carbonyl (C=O) groups is 1. The second-order valence-electron chi connectivity index (χ2n) is 6.55. The first-order chi connectivity index (χ1) is 12.9. The highest BCUT2D eigenvalue weighted by Crippen LogP contribution is 2.30. The van der Waals surface area contributed by atoms with Gasteiger partial charge in [0.1, 0.15) is 18.2 Å². The van der Waals surface area contributed by atoms with Crippen LogP contribution in [0, 0.1) is 5.82 Å². The summed E-state index contributed by atoms with van der Waals surface area (Å²) >= 11 is 6.20. The lowest BCUT2D eigenvalue weighted by molar-refractivity contribution is -0.152. The van der Waals surface area contributed by atoms with Gasteiger partial charge in [0.05, 0.1) is 12.3 Å². The van der Waals surface area contributed by atoms with E-state index in [0.717, 1.165) is 5.56 Å². The molecular weight excluding hydrogens is 371 g/mol. The van der Waals surface area contributed by atoms with Gasteiger partial charge in [-0.05, 0) is 37.3 Å². The molecule has 0 aliphatic carbocycles. The summed E-state index contributed by atoms with van der Waals surface area (Å²) in [6.07, 6.45) is 0.332. The fourth-order valence-electron chi connectivity index (χ4n) is 2.83. The fourth-order valence-corrected chi connectivity index (χ4v) is 3.08. The standard InChI is InChI=1S/C20H20ClFN2O3/c1-20(13-18(23-27-20)16-5-3-4-6-17(16)21)19(25)24(2)11-12-26-15-9-7-14(22)8-10-15/h3-10H,11-13H2,1-2H3. The molecule has 3 rings (SSSR count). The second kappa shape index (κ2) is 7.96. The van der Waals surface area contributed by atoms with Crippen LogP contribution in [0.15, 0.2) is 53.7 Å². The van der Waals surface area contributed by atoms with Crippen LogP contribution >= 0.6 is 11.6 Å². The van der Waals surface area contributed by atoms with E-state index in [0.29, 0.717) is 29.4 Å². The van der Waals surface area contributed by atoms with E-state index in [4.69, 9.17) is 21.2 Å². The van der Waals surface area contributed by atoms with E-state index < -0.39 is 5.60 Å². The van der Waals surface area contributed by atoms with E-state index in [1.54, 1.807) is 32.2 Å². The van der Waals surface area contributed by atoms with E-state index in [2.05, 4.69) is 5.16 Å². The van der Waals surface area contributed by atoms with Gasteiger partial charge in [-0.15, -0.1) is 0 Å². The average molecular weight is 391 g/mol. The third kappa shape index (κ3) is 4.39. The predicted molar refractivity (Wildman–Crippen MR) is 102 cm³/mol. The number of benzene rings is 2. The van der Waals surface area contributed by atoms with Gasteiger partial charge in [-0.2, -0.15) is 0 Å². The molecule has 0 radical (unpaired) electrons. The lowest BCUT2D eigenvalue weighted by atomic mass is 9.94. The summed E-state index contributed by atoms with van der Waals surface area (Å²) in [5.74, 6) is 0.0243. The van der Waals surface area contributed by atoms with Crippen molar-refractivity contribution in [3.63, 3.8) is 0 Å². The Morgan fingerprint density at radius 2 is 2.00 bits per heavy atom. The molecule has 0 fully saturated rings. The summed E-state index contributed by atoms with van der Waals surface area (Å²) in [5, 5.41) is 4.64. The van der Waals surface area contributed by atoms with Gasteiger partial charge in [0, 0.05) is 24.1 Å². The van der Waals surface area contributed by atoms with Gasteiger partial charge in [-0.1, -0.05) is 35.0 Å². The third-order valence-corrected chi connectivity index (χ3v) is 4.68. The minimum atomic E-state index is -1.08. The molecule has 1 atom stereocenters. The van der Waals surface area contributed by atoms with Crippen LogP contribution in [-0.4, -0.2) is 42.3 Å². The molecular formula is C20H20ClFN2O3. The normalized spacial score (nSPS) is 18.6. The van der Waals surface area contributed by atoms with Crippen molar-refractivity contribution in [1.82, 2.24) is 4.90 Å². The van der Waals surface area contributed by atoms with E-state index in [1.807, 2.05) is 18.2 Å². The molecule has 1 heterocycles. The van der Waals surface area contributed by atoms with Gasteiger partial charge in [0.25, 0.3) is 5.91 Å². The number of amides is 1. The number of ether oxygens (including phenoxy) is 1. The molecule has 0 N–H and O–H groups in total. The lowest BCUT2D eigenvalue weighted by Crippen LogP contribution is -2.46. The highest BCUT2D eigenvalue weighted by atomic mass is 35.5. The number of likely N-dealkylation sites (N-methyl/N-ethyl adjacent to an activating group) is 1. The smallest absolute Gasteiger partial charge is 0.269 e. The molecule has 7 heteroatoms. The summed E-state index contributed by atoms with van der Waals surface area (Å²) in [4.78, 5) is 19.8. The predicted octanol–water partition coefficient (Wildman–Crippen LogP) is 3.90. The Labute approximate surface area is 162 Å². The molecule has 0 aromatic heterocycles. The number of carbonyl (C=O) groups excluding carboxylic acids is 1. The summed E-state index contributed by atoms with van der Waals surface area (Å²) in [7, 11) is 1.68. The maximum Gasteiger partial charge on any atom is 0.269 e. The Kier molecular flexibility index (Phi) is 5.65. The third-order valence-electron chi connectivity index (χ3n) is 4.36. The van der Waals surface area contributed by atoms with Crippen molar-refractivity contribution in [3.05, 3.63) is 64.9 Å². The molecule has 1 unspecified atom stereocenters. The number of halogens is 2. The first-order valence-electron chi connectivity index (χ1n) is 8.53. The summed E-state index contributed by atoms with van der Waals surface area (Å²) in [6.45, 7) is 2.35. The zero-order valence-corrected chi connectivity index (χ0v) is 15.9. The molecule has 5 nitrogen and oxygen atoms in total. The largest absolute Gasteiger partial charge is 0.492 e. The number of hydrogen-bond acceptors (Lipinski definition) is 4.